The van der Waals surface area contributed by atoms with Gasteiger partial charge in [-0.2, -0.15) is 15.2 Å². The Morgan fingerprint density at radius 1 is 1.17 bits per heavy atom. The summed E-state index contributed by atoms with van der Waals surface area (Å²) < 4.78 is 51.3. The van der Waals surface area contributed by atoms with Crippen molar-refractivity contribution in [3.05, 3.63) is 65.6 Å². The SMILES string of the molecule is C=C(F)C(=O)N1CCN(c2nc(OC[C@@H]3[C@@H]4CC[C@@H]4CN3C)nc3c(F)c(-c4cccc5ccc(F)c(Cl)c45)ncc23)C[C@@H]1CC#N. The van der Waals surface area contributed by atoms with E-state index in [1.165, 1.54) is 23.6 Å². The van der Waals surface area contributed by atoms with Crippen LogP contribution < -0.4 is 9.64 Å². The number of aromatic nitrogens is 3. The fourth-order valence-corrected chi connectivity index (χ4v) is 7.62. The van der Waals surface area contributed by atoms with Crippen LogP contribution in [0.5, 0.6) is 6.01 Å². The lowest BCUT2D eigenvalue weighted by molar-refractivity contribution is -0.131. The number of nitriles is 1. The van der Waals surface area contributed by atoms with E-state index in [4.69, 9.17) is 21.3 Å². The Hall–Kier alpha value is -4.47. The second kappa shape index (κ2) is 12.3. The maximum Gasteiger partial charge on any atom is 0.319 e. The van der Waals surface area contributed by atoms with Gasteiger partial charge in [-0.15, -0.1) is 0 Å². The first-order valence-electron chi connectivity index (χ1n) is 15.5. The van der Waals surface area contributed by atoms with Crippen LogP contribution in [0.15, 0.2) is 48.9 Å². The number of hydrogen-bond donors (Lipinski definition) is 0. The molecule has 47 heavy (non-hydrogen) atoms. The number of carbonyl (C=O) groups excluding carboxylic acids is 1. The Balaban J connectivity index is 1.32. The van der Waals surface area contributed by atoms with Gasteiger partial charge in [0.15, 0.2) is 11.6 Å². The Labute approximate surface area is 274 Å². The minimum absolute atomic E-state index is 0.0332. The number of likely N-dealkylation sites (N-methyl/N-ethyl adjacent to an activating group) is 1. The van der Waals surface area contributed by atoms with Crippen LogP contribution in [0.2, 0.25) is 5.02 Å². The number of nitrogens with zero attached hydrogens (tertiary/aromatic N) is 7. The molecule has 0 spiro atoms. The Morgan fingerprint density at radius 3 is 2.72 bits per heavy atom. The largest absolute Gasteiger partial charge is 0.462 e. The van der Waals surface area contributed by atoms with Gasteiger partial charge in [-0.3, -0.25) is 14.7 Å². The zero-order valence-electron chi connectivity index (χ0n) is 25.6. The lowest BCUT2D eigenvalue weighted by atomic mass is 9.73. The lowest BCUT2D eigenvalue weighted by Crippen LogP contribution is -2.55. The van der Waals surface area contributed by atoms with E-state index in [0.29, 0.717) is 40.6 Å². The number of carbonyl (C=O) groups is 1. The van der Waals surface area contributed by atoms with Crippen molar-refractivity contribution in [1.29, 1.82) is 5.26 Å². The molecule has 4 atom stereocenters. The molecule has 0 N–H and O–H groups in total. The third kappa shape index (κ3) is 5.41. The summed E-state index contributed by atoms with van der Waals surface area (Å²) in [5.41, 5.74) is 0.164. The molecule has 0 radical (unpaired) electrons. The quantitative estimate of drug-likeness (QED) is 0.226. The van der Waals surface area contributed by atoms with Crippen LogP contribution in [-0.4, -0.2) is 82.6 Å². The van der Waals surface area contributed by atoms with Crippen molar-refractivity contribution in [2.45, 2.75) is 31.3 Å². The molecule has 4 aromatic rings. The zero-order valence-corrected chi connectivity index (χ0v) is 26.4. The third-order valence-corrected chi connectivity index (χ3v) is 10.2. The van der Waals surface area contributed by atoms with Crippen LogP contribution >= 0.6 is 11.6 Å². The molecule has 1 amide bonds. The first kappa shape index (κ1) is 31.1. The summed E-state index contributed by atoms with van der Waals surface area (Å²) in [6.45, 7) is 4.85. The molecular formula is C34H31ClF3N7O2. The van der Waals surface area contributed by atoms with Crippen LogP contribution in [0.4, 0.5) is 19.0 Å². The average Bonchev–Trinajstić information content (AvgIpc) is 3.27. The van der Waals surface area contributed by atoms with E-state index < -0.39 is 29.4 Å². The van der Waals surface area contributed by atoms with Crippen LogP contribution in [-0.2, 0) is 4.79 Å². The van der Waals surface area contributed by atoms with Crippen molar-refractivity contribution in [1.82, 2.24) is 24.8 Å². The highest BCUT2D eigenvalue weighted by Crippen LogP contribution is 2.44. The second-order valence-corrected chi connectivity index (χ2v) is 12.8. The Bertz CT molecular complexity index is 1970. The van der Waals surface area contributed by atoms with E-state index in [1.807, 2.05) is 0 Å². The minimum Gasteiger partial charge on any atom is -0.462 e. The van der Waals surface area contributed by atoms with Crippen LogP contribution in [0.25, 0.3) is 32.9 Å². The van der Waals surface area contributed by atoms with E-state index in [9.17, 15) is 18.8 Å². The molecule has 2 aromatic carbocycles. The highest BCUT2D eigenvalue weighted by molar-refractivity contribution is 6.36. The van der Waals surface area contributed by atoms with Gasteiger partial charge in [0.25, 0.3) is 5.91 Å². The summed E-state index contributed by atoms with van der Waals surface area (Å²) in [4.78, 5) is 31.6. The molecule has 13 heteroatoms. The summed E-state index contributed by atoms with van der Waals surface area (Å²) in [6.07, 6.45) is 3.70. The van der Waals surface area contributed by atoms with Gasteiger partial charge in [-0.05, 0) is 43.2 Å². The molecule has 9 nitrogen and oxygen atoms in total. The van der Waals surface area contributed by atoms with Gasteiger partial charge in [0, 0.05) is 49.4 Å². The predicted octanol–water partition coefficient (Wildman–Crippen LogP) is 5.91. The number of piperazine rings is 1. The topological polar surface area (TPSA) is 98.5 Å². The van der Waals surface area contributed by atoms with Crippen molar-refractivity contribution < 1.29 is 22.7 Å². The van der Waals surface area contributed by atoms with E-state index in [0.717, 1.165) is 13.0 Å². The van der Waals surface area contributed by atoms with Gasteiger partial charge in [0.2, 0.25) is 0 Å². The smallest absolute Gasteiger partial charge is 0.319 e. The lowest BCUT2D eigenvalue weighted by Gasteiger charge is -2.41. The fourth-order valence-electron chi connectivity index (χ4n) is 7.34. The summed E-state index contributed by atoms with van der Waals surface area (Å²) in [7, 11) is 2.07. The van der Waals surface area contributed by atoms with Gasteiger partial charge < -0.3 is 14.5 Å². The van der Waals surface area contributed by atoms with E-state index in [1.54, 1.807) is 29.2 Å². The number of rotatable bonds is 7. The highest BCUT2D eigenvalue weighted by Gasteiger charge is 2.45. The molecular weight excluding hydrogens is 631 g/mol. The third-order valence-electron chi connectivity index (χ3n) is 9.88. The number of pyridine rings is 1. The van der Waals surface area contributed by atoms with Gasteiger partial charge in [0.1, 0.15) is 29.5 Å². The Kier molecular flexibility index (Phi) is 8.14. The summed E-state index contributed by atoms with van der Waals surface area (Å²) in [5.74, 6) is -1.92. The van der Waals surface area contributed by atoms with Crippen molar-refractivity contribution in [3.8, 4) is 23.3 Å². The average molecular weight is 662 g/mol. The molecule has 3 fully saturated rings. The van der Waals surface area contributed by atoms with Crippen LogP contribution in [0.1, 0.15) is 19.3 Å². The number of halogens is 4. The molecule has 242 valence electrons. The van der Waals surface area contributed by atoms with Crippen molar-refractivity contribution in [3.63, 3.8) is 0 Å². The molecule has 0 bridgehead atoms. The number of amides is 1. The van der Waals surface area contributed by atoms with Gasteiger partial charge >= 0.3 is 6.01 Å². The van der Waals surface area contributed by atoms with Gasteiger partial charge in [0.05, 0.1) is 28.9 Å². The normalized spacial score (nSPS) is 22.6. The van der Waals surface area contributed by atoms with E-state index in [2.05, 4.69) is 34.6 Å². The first-order valence-corrected chi connectivity index (χ1v) is 15.9. The number of ether oxygens (including phenoxy) is 1. The molecule has 2 aliphatic heterocycles. The van der Waals surface area contributed by atoms with Crippen molar-refractivity contribution >= 4 is 45.0 Å². The molecule has 2 saturated heterocycles. The number of hydrogen-bond acceptors (Lipinski definition) is 8. The fraction of sp³-hybridized carbons (Fsp3) is 0.382. The van der Waals surface area contributed by atoms with E-state index in [-0.39, 0.29) is 59.7 Å². The number of fused-ring (bicyclic) bond motifs is 3. The van der Waals surface area contributed by atoms with Crippen LogP contribution in [0, 0.1) is 34.8 Å². The minimum atomic E-state index is -1.11. The molecule has 3 aliphatic rings. The highest BCUT2D eigenvalue weighted by atomic mass is 35.5. The molecule has 0 unspecified atom stereocenters. The summed E-state index contributed by atoms with van der Waals surface area (Å²) in [6, 6.07) is 9.44. The molecule has 1 aliphatic carbocycles. The zero-order chi connectivity index (χ0) is 33.0. The Morgan fingerprint density at radius 2 is 2.00 bits per heavy atom. The maximum atomic E-state index is 16.7. The number of likely N-dealkylation sites (tertiary alicyclic amines) is 1. The number of anilines is 1. The number of benzene rings is 2. The second-order valence-electron chi connectivity index (χ2n) is 12.5. The van der Waals surface area contributed by atoms with Gasteiger partial charge in [-0.25, -0.2) is 13.2 Å². The molecule has 7 rings (SSSR count). The standard InChI is InChI=1S/C34H31ClF3N7O2/c1-18(36)33(46)45-13-12-44(16-21(45)10-11-39)32-24-14-40-30(23-5-3-4-19-7-9-25(37)28(35)27(19)23)29(38)31(24)41-34(42-32)47-17-26-22-8-6-20(22)15-43(26)2/h3-5,7,9,14,20-22,26H,1,6,8,10,12-13,15-17H2,2H3/t20-,21+,22-,26-/m1/s1. The first-order chi connectivity index (χ1) is 22.7. The van der Waals surface area contributed by atoms with Gasteiger partial charge in [-0.1, -0.05) is 42.4 Å². The molecule has 4 heterocycles. The monoisotopic (exact) mass is 661 g/mol. The summed E-state index contributed by atoms with van der Waals surface area (Å²) in [5, 5.41) is 10.6. The maximum absolute atomic E-state index is 16.7. The molecule has 2 aromatic heterocycles. The summed E-state index contributed by atoms with van der Waals surface area (Å²) >= 11 is 6.38. The van der Waals surface area contributed by atoms with Crippen molar-refractivity contribution in [2.75, 3.05) is 44.7 Å². The van der Waals surface area contributed by atoms with Crippen molar-refractivity contribution in [2.24, 2.45) is 11.8 Å². The molecule has 1 saturated carbocycles. The van der Waals surface area contributed by atoms with E-state index >= 15 is 4.39 Å². The van der Waals surface area contributed by atoms with Crippen LogP contribution in [0.3, 0.4) is 0 Å². The predicted molar refractivity (Wildman–Crippen MR) is 172 cm³/mol.